The first-order chi connectivity index (χ1) is 10.7. The number of rotatable bonds is 4. The van der Waals surface area contributed by atoms with Crippen molar-refractivity contribution in [3.8, 4) is 0 Å². The summed E-state index contributed by atoms with van der Waals surface area (Å²) >= 11 is 0. The lowest BCUT2D eigenvalue weighted by Crippen LogP contribution is -2.41. The zero-order valence-electron chi connectivity index (χ0n) is 12.6. The van der Waals surface area contributed by atoms with E-state index in [-0.39, 0.29) is 17.9 Å². The number of aliphatic hydroxyl groups is 1. The topological polar surface area (TPSA) is 71.7 Å². The largest absolute Gasteiger partial charge is 0.459 e. The molecule has 1 fully saturated rings. The summed E-state index contributed by atoms with van der Waals surface area (Å²) in [6.07, 6.45) is 1.12. The summed E-state index contributed by atoms with van der Waals surface area (Å²) in [6, 6.07) is 9.71. The van der Waals surface area contributed by atoms with Crippen LogP contribution < -0.4 is 5.32 Å². The van der Waals surface area contributed by atoms with Gasteiger partial charge in [0.05, 0.1) is 18.8 Å². The first-order valence-electron chi connectivity index (χ1n) is 7.63. The Hall–Kier alpha value is -1.85. The minimum atomic E-state index is -0.468. The van der Waals surface area contributed by atoms with E-state index in [4.69, 9.17) is 9.15 Å². The maximum Gasteiger partial charge on any atom is 0.223 e. The van der Waals surface area contributed by atoms with Gasteiger partial charge < -0.3 is 19.6 Å². The highest BCUT2D eigenvalue weighted by Gasteiger charge is 2.32. The fraction of sp³-hybridized carbons (Fsp3) is 0.471. The normalized spacial score (nSPS) is 25.3. The van der Waals surface area contributed by atoms with Crippen molar-refractivity contribution in [3.63, 3.8) is 0 Å². The number of carbonyl (C=O) groups excluding carboxylic acids is 1. The average Bonchev–Trinajstić information content (AvgIpc) is 2.96. The molecule has 1 aromatic carbocycles. The standard InChI is InChI=1S/C17H21NO4/c1-21-16-9-12(6-7-14(16)19)17(20)18-10-13-8-11-4-2-3-5-15(11)22-13/h2-5,8,12,14,16,19H,6-7,9-10H2,1H3,(H,18,20)/t12-,14+,16-/m1/s1. The number of methoxy groups -OCH3 is 1. The van der Waals surface area contributed by atoms with Gasteiger partial charge in [0.2, 0.25) is 5.91 Å². The van der Waals surface area contributed by atoms with E-state index < -0.39 is 6.10 Å². The van der Waals surface area contributed by atoms with Gasteiger partial charge in [-0.25, -0.2) is 0 Å². The SMILES string of the molecule is CO[C@@H]1C[C@H](C(=O)NCc2cc3ccccc3o2)CC[C@@H]1O. The number of ether oxygens (including phenoxy) is 1. The van der Waals surface area contributed by atoms with E-state index in [9.17, 15) is 9.90 Å². The molecule has 5 heteroatoms. The fourth-order valence-corrected chi connectivity index (χ4v) is 3.05. The molecule has 118 valence electrons. The van der Waals surface area contributed by atoms with Crippen LogP contribution in [0.2, 0.25) is 0 Å². The summed E-state index contributed by atoms with van der Waals surface area (Å²) in [5.74, 6) is 0.626. The molecular weight excluding hydrogens is 282 g/mol. The Bertz CT molecular complexity index is 618. The van der Waals surface area contributed by atoms with Crippen molar-refractivity contribution < 1.29 is 19.1 Å². The molecule has 0 bridgehead atoms. The molecule has 0 spiro atoms. The van der Waals surface area contributed by atoms with Crippen molar-refractivity contribution in [2.45, 2.75) is 38.0 Å². The van der Waals surface area contributed by atoms with E-state index in [0.717, 1.165) is 16.7 Å². The number of hydrogen-bond acceptors (Lipinski definition) is 4. The van der Waals surface area contributed by atoms with Crippen LogP contribution in [-0.2, 0) is 16.1 Å². The number of furan rings is 1. The maximum absolute atomic E-state index is 12.3. The highest BCUT2D eigenvalue weighted by Crippen LogP contribution is 2.27. The van der Waals surface area contributed by atoms with Gasteiger partial charge in [-0.05, 0) is 31.4 Å². The third-order valence-electron chi connectivity index (χ3n) is 4.34. The van der Waals surface area contributed by atoms with Crippen molar-refractivity contribution in [2.75, 3.05) is 7.11 Å². The number of fused-ring (bicyclic) bond motifs is 1. The molecule has 1 amide bonds. The van der Waals surface area contributed by atoms with Crippen molar-refractivity contribution in [2.24, 2.45) is 5.92 Å². The third kappa shape index (κ3) is 3.15. The molecule has 3 atom stereocenters. The van der Waals surface area contributed by atoms with E-state index in [0.29, 0.717) is 25.8 Å². The summed E-state index contributed by atoms with van der Waals surface area (Å²) in [4.78, 5) is 12.3. The van der Waals surface area contributed by atoms with E-state index >= 15 is 0 Å². The van der Waals surface area contributed by atoms with Gasteiger partial charge in [0.25, 0.3) is 0 Å². The van der Waals surface area contributed by atoms with Crippen molar-refractivity contribution in [1.29, 1.82) is 0 Å². The molecule has 2 aromatic rings. The number of para-hydroxylation sites is 1. The number of nitrogens with one attached hydrogen (secondary N) is 1. The molecule has 1 heterocycles. The summed E-state index contributed by atoms with van der Waals surface area (Å²) in [7, 11) is 1.57. The molecule has 0 radical (unpaired) electrons. The number of benzene rings is 1. The van der Waals surface area contributed by atoms with Gasteiger partial charge in [0.15, 0.2) is 0 Å². The Morgan fingerprint density at radius 3 is 3.00 bits per heavy atom. The lowest BCUT2D eigenvalue weighted by molar-refractivity contribution is -0.130. The van der Waals surface area contributed by atoms with Crippen molar-refractivity contribution >= 4 is 16.9 Å². The van der Waals surface area contributed by atoms with Crippen LogP contribution in [0, 0.1) is 5.92 Å². The molecule has 3 rings (SSSR count). The van der Waals surface area contributed by atoms with Gasteiger partial charge in [0.1, 0.15) is 11.3 Å². The highest BCUT2D eigenvalue weighted by atomic mass is 16.5. The summed E-state index contributed by atoms with van der Waals surface area (Å²) in [5.41, 5.74) is 0.826. The summed E-state index contributed by atoms with van der Waals surface area (Å²) in [6.45, 7) is 0.379. The molecule has 2 N–H and O–H groups in total. The number of carbonyl (C=O) groups is 1. The summed E-state index contributed by atoms with van der Waals surface area (Å²) in [5, 5.41) is 13.7. The van der Waals surface area contributed by atoms with E-state index in [1.165, 1.54) is 0 Å². The molecule has 1 saturated carbocycles. The first-order valence-corrected chi connectivity index (χ1v) is 7.63. The second-order valence-electron chi connectivity index (χ2n) is 5.82. The minimum Gasteiger partial charge on any atom is -0.459 e. The smallest absolute Gasteiger partial charge is 0.223 e. The molecule has 22 heavy (non-hydrogen) atoms. The van der Waals surface area contributed by atoms with Gasteiger partial charge in [-0.3, -0.25) is 4.79 Å². The predicted octanol–water partition coefficient (Wildman–Crippen LogP) is 2.23. The van der Waals surface area contributed by atoms with Crippen molar-refractivity contribution in [1.82, 2.24) is 5.32 Å². The lowest BCUT2D eigenvalue weighted by Gasteiger charge is -2.31. The van der Waals surface area contributed by atoms with E-state index in [1.807, 2.05) is 30.3 Å². The van der Waals surface area contributed by atoms with Crippen molar-refractivity contribution in [3.05, 3.63) is 36.1 Å². The molecule has 0 aliphatic heterocycles. The average molecular weight is 303 g/mol. The van der Waals surface area contributed by atoms with Gasteiger partial charge in [0, 0.05) is 18.4 Å². The number of aliphatic hydroxyl groups excluding tert-OH is 1. The van der Waals surface area contributed by atoms with Crippen LogP contribution >= 0.6 is 0 Å². The lowest BCUT2D eigenvalue weighted by atomic mass is 9.84. The number of hydrogen-bond donors (Lipinski definition) is 2. The molecule has 0 saturated heterocycles. The zero-order valence-corrected chi connectivity index (χ0v) is 12.6. The second-order valence-corrected chi connectivity index (χ2v) is 5.82. The van der Waals surface area contributed by atoms with Gasteiger partial charge >= 0.3 is 0 Å². The third-order valence-corrected chi connectivity index (χ3v) is 4.34. The van der Waals surface area contributed by atoms with Crippen LogP contribution in [0.1, 0.15) is 25.0 Å². The van der Waals surface area contributed by atoms with Crippen LogP contribution in [-0.4, -0.2) is 30.3 Å². The molecule has 1 aliphatic rings. The monoisotopic (exact) mass is 303 g/mol. The quantitative estimate of drug-likeness (QED) is 0.908. The Morgan fingerprint density at radius 2 is 2.23 bits per heavy atom. The van der Waals surface area contributed by atoms with Crippen LogP contribution in [0.15, 0.2) is 34.7 Å². The maximum atomic E-state index is 12.3. The highest BCUT2D eigenvalue weighted by molar-refractivity contribution is 5.80. The number of amides is 1. The first kappa shape index (κ1) is 15.1. The molecule has 1 aromatic heterocycles. The Kier molecular flexibility index (Phi) is 4.45. The van der Waals surface area contributed by atoms with Crippen LogP contribution in [0.3, 0.4) is 0 Å². The van der Waals surface area contributed by atoms with Crippen LogP contribution in [0.25, 0.3) is 11.0 Å². The molecular formula is C17H21NO4. The Balaban J connectivity index is 1.57. The molecule has 0 unspecified atom stereocenters. The van der Waals surface area contributed by atoms with Gasteiger partial charge in [-0.2, -0.15) is 0 Å². The fourth-order valence-electron chi connectivity index (χ4n) is 3.05. The van der Waals surface area contributed by atoms with Crippen LogP contribution in [0.4, 0.5) is 0 Å². The Labute approximate surface area is 129 Å². The minimum absolute atomic E-state index is 0.00518. The van der Waals surface area contributed by atoms with Gasteiger partial charge in [-0.15, -0.1) is 0 Å². The Morgan fingerprint density at radius 1 is 1.41 bits per heavy atom. The predicted molar refractivity (Wildman–Crippen MR) is 82.2 cm³/mol. The van der Waals surface area contributed by atoms with Gasteiger partial charge in [-0.1, -0.05) is 18.2 Å². The molecule has 5 nitrogen and oxygen atoms in total. The molecule has 1 aliphatic carbocycles. The van der Waals surface area contributed by atoms with Crippen LogP contribution in [0.5, 0.6) is 0 Å². The zero-order chi connectivity index (χ0) is 15.5. The summed E-state index contributed by atoms with van der Waals surface area (Å²) < 4.78 is 10.9. The second kappa shape index (κ2) is 6.50. The van der Waals surface area contributed by atoms with E-state index in [2.05, 4.69) is 5.32 Å². The van der Waals surface area contributed by atoms with E-state index in [1.54, 1.807) is 7.11 Å².